The van der Waals surface area contributed by atoms with Crippen LogP contribution in [0.5, 0.6) is 0 Å². The van der Waals surface area contributed by atoms with E-state index < -0.39 is 0 Å². The number of H-pyrrole nitrogens is 1. The van der Waals surface area contributed by atoms with Crippen molar-refractivity contribution < 1.29 is 4.79 Å². The standard InChI is InChI=1S/C17H23N3O/c1-3-20(4-2)17(21)18-12-9-10-14-13-7-5-6-8-15(13)19-16(14)11-12/h5-8,12,19H,3-4,9-11H2,1-2H3,(H,18,21). The summed E-state index contributed by atoms with van der Waals surface area (Å²) in [5, 5.41) is 4.51. The molecule has 1 aliphatic rings. The number of aromatic nitrogens is 1. The minimum Gasteiger partial charge on any atom is -0.358 e. The fourth-order valence-electron chi connectivity index (χ4n) is 3.28. The van der Waals surface area contributed by atoms with Crippen LogP contribution in [0.1, 0.15) is 31.5 Å². The Labute approximate surface area is 125 Å². The summed E-state index contributed by atoms with van der Waals surface area (Å²) in [6.45, 7) is 5.54. The number of aromatic amines is 1. The molecule has 3 rings (SSSR count). The summed E-state index contributed by atoms with van der Waals surface area (Å²) in [6, 6.07) is 8.74. The van der Waals surface area contributed by atoms with Gasteiger partial charge in [0, 0.05) is 42.1 Å². The van der Waals surface area contributed by atoms with Crippen LogP contribution in [-0.2, 0) is 12.8 Å². The lowest BCUT2D eigenvalue weighted by atomic mass is 9.92. The van der Waals surface area contributed by atoms with Gasteiger partial charge in [-0.2, -0.15) is 0 Å². The van der Waals surface area contributed by atoms with Gasteiger partial charge in [-0.05, 0) is 38.3 Å². The van der Waals surface area contributed by atoms with Crippen molar-refractivity contribution in [3.63, 3.8) is 0 Å². The Hall–Kier alpha value is -1.97. The smallest absolute Gasteiger partial charge is 0.317 e. The highest BCUT2D eigenvalue weighted by Crippen LogP contribution is 2.29. The zero-order valence-electron chi connectivity index (χ0n) is 12.8. The second-order valence-corrected chi connectivity index (χ2v) is 5.69. The number of amides is 2. The Balaban J connectivity index is 1.74. The zero-order valence-corrected chi connectivity index (χ0v) is 12.8. The average Bonchev–Trinajstić information content (AvgIpc) is 2.86. The van der Waals surface area contributed by atoms with Crippen molar-refractivity contribution in [3.05, 3.63) is 35.5 Å². The van der Waals surface area contributed by atoms with Crippen molar-refractivity contribution in [1.82, 2.24) is 15.2 Å². The summed E-state index contributed by atoms with van der Waals surface area (Å²) in [6.07, 6.45) is 2.95. The predicted molar refractivity (Wildman–Crippen MR) is 85.6 cm³/mol. The number of carbonyl (C=O) groups is 1. The van der Waals surface area contributed by atoms with E-state index >= 15 is 0 Å². The van der Waals surface area contributed by atoms with Gasteiger partial charge in [-0.25, -0.2) is 4.79 Å². The van der Waals surface area contributed by atoms with Crippen LogP contribution in [0, 0.1) is 0 Å². The van der Waals surface area contributed by atoms with Crippen molar-refractivity contribution >= 4 is 16.9 Å². The molecule has 21 heavy (non-hydrogen) atoms. The van der Waals surface area contributed by atoms with Crippen LogP contribution in [0.4, 0.5) is 4.79 Å². The molecule has 1 heterocycles. The first kappa shape index (κ1) is 14.0. The normalized spacial score (nSPS) is 17.5. The molecule has 0 saturated carbocycles. The monoisotopic (exact) mass is 285 g/mol. The lowest BCUT2D eigenvalue weighted by Crippen LogP contribution is -2.46. The third-order valence-electron chi connectivity index (χ3n) is 4.47. The van der Waals surface area contributed by atoms with Gasteiger partial charge >= 0.3 is 6.03 Å². The second-order valence-electron chi connectivity index (χ2n) is 5.69. The molecule has 1 aromatic heterocycles. The maximum absolute atomic E-state index is 12.2. The maximum Gasteiger partial charge on any atom is 0.317 e. The van der Waals surface area contributed by atoms with Gasteiger partial charge in [-0.3, -0.25) is 0 Å². The van der Waals surface area contributed by atoms with E-state index in [-0.39, 0.29) is 12.1 Å². The van der Waals surface area contributed by atoms with Gasteiger partial charge in [-0.1, -0.05) is 18.2 Å². The number of hydrogen-bond acceptors (Lipinski definition) is 1. The van der Waals surface area contributed by atoms with Crippen molar-refractivity contribution in [1.29, 1.82) is 0 Å². The van der Waals surface area contributed by atoms with Crippen LogP contribution in [0.15, 0.2) is 24.3 Å². The predicted octanol–water partition coefficient (Wildman–Crippen LogP) is 3.08. The van der Waals surface area contributed by atoms with E-state index in [1.807, 2.05) is 18.7 Å². The summed E-state index contributed by atoms with van der Waals surface area (Å²) < 4.78 is 0. The molecule has 112 valence electrons. The van der Waals surface area contributed by atoms with Crippen LogP contribution in [-0.4, -0.2) is 35.0 Å². The molecule has 1 unspecified atom stereocenters. The second kappa shape index (κ2) is 5.80. The molecule has 0 fully saturated rings. The van der Waals surface area contributed by atoms with Gasteiger partial charge in [0.2, 0.25) is 0 Å². The van der Waals surface area contributed by atoms with Gasteiger partial charge in [0.05, 0.1) is 0 Å². The Kier molecular flexibility index (Phi) is 3.86. The fourth-order valence-corrected chi connectivity index (χ4v) is 3.28. The highest BCUT2D eigenvalue weighted by molar-refractivity contribution is 5.85. The lowest BCUT2D eigenvalue weighted by Gasteiger charge is -2.27. The largest absolute Gasteiger partial charge is 0.358 e. The third-order valence-corrected chi connectivity index (χ3v) is 4.47. The number of hydrogen-bond donors (Lipinski definition) is 2. The van der Waals surface area contributed by atoms with Crippen LogP contribution >= 0.6 is 0 Å². The average molecular weight is 285 g/mol. The highest BCUT2D eigenvalue weighted by Gasteiger charge is 2.24. The number of urea groups is 1. The van der Waals surface area contributed by atoms with Crippen molar-refractivity contribution in [2.24, 2.45) is 0 Å². The number of fused-ring (bicyclic) bond motifs is 3. The number of nitrogens with one attached hydrogen (secondary N) is 2. The van der Waals surface area contributed by atoms with Gasteiger partial charge in [0.1, 0.15) is 0 Å². The lowest BCUT2D eigenvalue weighted by molar-refractivity contribution is 0.197. The summed E-state index contributed by atoms with van der Waals surface area (Å²) >= 11 is 0. The first-order valence-corrected chi connectivity index (χ1v) is 7.86. The molecule has 4 heteroatoms. The van der Waals surface area contributed by atoms with Gasteiger partial charge in [-0.15, -0.1) is 0 Å². The Morgan fingerprint density at radius 2 is 2.10 bits per heavy atom. The molecular formula is C17H23N3O. The fraction of sp³-hybridized carbons (Fsp3) is 0.471. The molecule has 2 aromatic rings. The molecule has 0 saturated heterocycles. The first-order chi connectivity index (χ1) is 10.2. The van der Waals surface area contributed by atoms with Crippen LogP contribution in [0.3, 0.4) is 0 Å². The van der Waals surface area contributed by atoms with E-state index in [2.05, 4.69) is 34.6 Å². The number of benzene rings is 1. The zero-order chi connectivity index (χ0) is 14.8. The number of nitrogens with zero attached hydrogens (tertiary/aromatic N) is 1. The highest BCUT2D eigenvalue weighted by atomic mass is 16.2. The van der Waals surface area contributed by atoms with Gasteiger partial charge in [0.15, 0.2) is 0 Å². The Morgan fingerprint density at radius 3 is 2.86 bits per heavy atom. The molecule has 1 aromatic carbocycles. The van der Waals surface area contributed by atoms with E-state index in [1.54, 1.807) is 0 Å². The number of carbonyl (C=O) groups excluding carboxylic acids is 1. The Morgan fingerprint density at radius 1 is 1.33 bits per heavy atom. The molecule has 1 aliphatic carbocycles. The first-order valence-electron chi connectivity index (χ1n) is 7.86. The molecule has 1 atom stereocenters. The number of aryl methyl sites for hydroxylation is 1. The Bertz CT molecular complexity index is 643. The van der Waals surface area contributed by atoms with Crippen molar-refractivity contribution in [2.75, 3.05) is 13.1 Å². The third kappa shape index (κ3) is 2.62. The maximum atomic E-state index is 12.2. The molecule has 0 bridgehead atoms. The number of rotatable bonds is 3. The molecular weight excluding hydrogens is 262 g/mol. The van der Waals surface area contributed by atoms with Crippen LogP contribution in [0.25, 0.3) is 10.9 Å². The summed E-state index contributed by atoms with van der Waals surface area (Å²) in [7, 11) is 0. The van der Waals surface area contributed by atoms with Gasteiger partial charge < -0.3 is 15.2 Å². The van der Waals surface area contributed by atoms with Crippen LogP contribution in [0.2, 0.25) is 0 Å². The van der Waals surface area contributed by atoms with E-state index in [0.29, 0.717) is 0 Å². The van der Waals surface area contributed by atoms with E-state index in [9.17, 15) is 4.79 Å². The number of para-hydroxylation sites is 1. The molecule has 0 aliphatic heterocycles. The molecule has 2 N–H and O–H groups in total. The summed E-state index contributed by atoms with van der Waals surface area (Å²) in [4.78, 5) is 17.5. The molecule has 4 nitrogen and oxygen atoms in total. The van der Waals surface area contributed by atoms with Crippen LogP contribution < -0.4 is 5.32 Å². The van der Waals surface area contributed by atoms with Crippen molar-refractivity contribution in [3.8, 4) is 0 Å². The SMILES string of the molecule is CCN(CC)C(=O)NC1CCc2c([nH]c3ccccc23)C1. The van der Waals surface area contributed by atoms with E-state index in [0.717, 1.165) is 32.4 Å². The minimum absolute atomic E-state index is 0.0598. The minimum atomic E-state index is 0.0598. The topological polar surface area (TPSA) is 48.1 Å². The molecule has 0 radical (unpaired) electrons. The van der Waals surface area contributed by atoms with Crippen molar-refractivity contribution in [2.45, 2.75) is 39.2 Å². The quantitative estimate of drug-likeness (QED) is 0.894. The molecule has 0 spiro atoms. The van der Waals surface area contributed by atoms with Gasteiger partial charge in [0.25, 0.3) is 0 Å². The molecule has 2 amide bonds. The summed E-state index contributed by atoms with van der Waals surface area (Å²) in [5.41, 5.74) is 3.92. The summed E-state index contributed by atoms with van der Waals surface area (Å²) in [5.74, 6) is 0. The van der Waals surface area contributed by atoms with E-state index in [4.69, 9.17) is 0 Å². The van der Waals surface area contributed by atoms with E-state index in [1.165, 1.54) is 22.2 Å².